The summed E-state index contributed by atoms with van der Waals surface area (Å²) in [7, 11) is 0. The van der Waals surface area contributed by atoms with E-state index in [-0.39, 0.29) is 10.9 Å². The summed E-state index contributed by atoms with van der Waals surface area (Å²) in [6.45, 7) is 5.44. The third kappa shape index (κ3) is 3.73. The van der Waals surface area contributed by atoms with Crippen LogP contribution in [0.4, 0.5) is 10.1 Å². The van der Waals surface area contributed by atoms with Crippen molar-refractivity contribution in [3.05, 3.63) is 70.2 Å². The second-order valence-electron chi connectivity index (χ2n) is 6.93. The van der Waals surface area contributed by atoms with Crippen LogP contribution < -0.4 is 15.6 Å². The van der Waals surface area contributed by atoms with Crippen LogP contribution in [0.5, 0.6) is 0 Å². The smallest absolute Gasteiger partial charge is 0.200 e. The molecule has 1 aromatic carbocycles. The van der Waals surface area contributed by atoms with Gasteiger partial charge in [0.05, 0.1) is 23.0 Å². The van der Waals surface area contributed by atoms with Crippen molar-refractivity contribution in [1.29, 1.82) is 0 Å². The van der Waals surface area contributed by atoms with Crippen LogP contribution in [-0.4, -0.2) is 36.5 Å². The van der Waals surface area contributed by atoms with Gasteiger partial charge in [-0.1, -0.05) is 0 Å². The average molecular weight is 395 g/mol. The van der Waals surface area contributed by atoms with Gasteiger partial charge < -0.3 is 19.2 Å². The highest BCUT2D eigenvalue weighted by Gasteiger charge is 2.19. The molecule has 1 N–H and O–H groups in total. The number of anilines is 1. The molecule has 0 bridgehead atoms. The van der Waals surface area contributed by atoms with Gasteiger partial charge in [0, 0.05) is 44.3 Å². The van der Waals surface area contributed by atoms with Gasteiger partial charge in [-0.3, -0.25) is 9.59 Å². The lowest BCUT2D eigenvalue weighted by molar-refractivity contribution is 0.104. The Kier molecular flexibility index (Phi) is 5.31. The van der Waals surface area contributed by atoms with E-state index in [4.69, 9.17) is 4.42 Å². The number of furan rings is 1. The molecule has 3 aromatic rings. The van der Waals surface area contributed by atoms with Gasteiger partial charge in [-0.05, 0) is 43.3 Å². The van der Waals surface area contributed by atoms with Gasteiger partial charge in [-0.15, -0.1) is 0 Å². The summed E-state index contributed by atoms with van der Waals surface area (Å²) in [5.74, 6) is -0.376. The maximum Gasteiger partial charge on any atom is 0.200 e. The highest BCUT2D eigenvalue weighted by molar-refractivity contribution is 6.08. The molecule has 1 saturated heterocycles. The van der Waals surface area contributed by atoms with Gasteiger partial charge in [0.2, 0.25) is 5.43 Å². The Hall–Kier alpha value is -3.19. The van der Waals surface area contributed by atoms with E-state index in [9.17, 15) is 14.0 Å². The number of carbonyl (C=O) groups excluding carboxylic acids is 1. The Morgan fingerprint density at radius 3 is 2.79 bits per heavy atom. The largest absolute Gasteiger partial charge is 0.465 e. The summed E-state index contributed by atoms with van der Waals surface area (Å²) in [5.41, 5.74) is 0.650. The molecule has 0 atom stereocenters. The first-order chi connectivity index (χ1) is 14.1. The Morgan fingerprint density at radius 2 is 2.10 bits per heavy atom. The number of ketones is 1. The van der Waals surface area contributed by atoms with E-state index in [1.807, 2.05) is 16.4 Å². The van der Waals surface area contributed by atoms with Gasteiger partial charge in [-0.2, -0.15) is 0 Å². The number of aryl methyl sites for hydroxylation is 1. The molecule has 7 heteroatoms. The SMILES string of the molecule is CCn1cc(C(=O)C=Cc2ccco2)c(=O)c2cc(F)c(N3CCNCC3)cc21. The Morgan fingerprint density at radius 1 is 1.31 bits per heavy atom. The molecule has 0 amide bonds. The minimum absolute atomic E-state index is 0.0106. The first-order valence-electron chi connectivity index (χ1n) is 9.66. The Bertz CT molecular complexity index is 1130. The van der Waals surface area contributed by atoms with Crippen LogP contribution in [0.2, 0.25) is 0 Å². The molecule has 0 spiro atoms. The van der Waals surface area contributed by atoms with E-state index in [0.29, 0.717) is 36.6 Å². The van der Waals surface area contributed by atoms with E-state index >= 15 is 0 Å². The zero-order valence-electron chi connectivity index (χ0n) is 16.2. The van der Waals surface area contributed by atoms with Crippen LogP contribution in [0.25, 0.3) is 17.0 Å². The minimum Gasteiger partial charge on any atom is -0.465 e. The first-order valence-corrected chi connectivity index (χ1v) is 9.66. The van der Waals surface area contributed by atoms with Gasteiger partial charge >= 0.3 is 0 Å². The van der Waals surface area contributed by atoms with Crippen molar-refractivity contribution in [2.24, 2.45) is 0 Å². The van der Waals surface area contributed by atoms with E-state index in [1.54, 1.807) is 24.4 Å². The summed E-state index contributed by atoms with van der Waals surface area (Å²) in [6, 6.07) is 6.40. The quantitative estimate of drug-likeness (QED) is 0.531. The van der Waals surface area contributed by atoms with Gasteiger partial charge in [0.1, 0.15) is 11.6 Å². The molecule has 1 aliphatic heterocycles. The number of hydrogen-bond acceptors (Lipinski definition) is 5. The fourth-order valence-corrected chi connectivity index (χ4v) is 3.62. The zero-order valence-corrected chi connectivity index (χ0v) is 16.2. The van der Waals surface area contributed by atoms with E-state index in [0.717, 1.165) is 13.1 Å². The summed E-state index contributed by atoms with van der Waals surface area (Å²) >= 11 is 0. The third-order valence-corrected chi connectivity index (χ3v) is 5.15. The maximum absolute atomic E-state index is 14.9. The van der Waals surface area contributed by atoms with E-state index in [2.05, 4.69) is 5.32 Å². The number of fused-ring (bicyclic) bond motifs is 1. The molecule has 0 unspecified atom stereocenters. The maximum atomic E-state index is 14.9. The molecule has 0 aliphatic carbocycles. The minimum atomic E-state index is -0.468. The van der Waals surface area contributed by atoms with Crippen LogP contribution in [0, 0.1) is 5.82 Å². The predicted molar refractivity (Wildman–Crippen MR) is 111 cm³/mol. The Labute approximate surface area is 167 Å². The number of halogens is 1. The lowest BCUT2D eigenvalue weighted by Gasteiger charge is -2.30. The molecule has 0 saturated carbocycles. The molecule has 4 rings (SSSR count). The Balaban J connectivity index is 1.79. The van der Waals surface area contributed by atoms with Crippen molar-refractivity contribution < 1.29 is 13.6 Å². The lowest BCUT2D eigenvalue weighted by Crippen LogP contribution is -2.43. The number of nitrogens with zero attached hydrogens (tertiary/aromatic N) is 2. The summed E-state index contributed by atoms with van der Waals surface area (Å²) in [4.78, 5) is 27.6. The lowest BCUT2D eigenvalue weighted by atomic mass is 10.1. The summed E-state index contributed by atoms with van der Waals surface area (Å²) < 4.78 is 21.9. The van der Waals surface area contributed by atoms with Gasteiger partial charge in [0.15, 0.2) is 5.78 Å². The monoisotopic (exact) mass is 395 g/mol. The van der Waals surface area contributed by atoms with Gasteiger partial charge in [-0.25, -0.2) is 4.39 Å². The number of allylic oxidation sites excluding steroid dienone is 1. The van der Waals surface area contributed by atoms with Crippen LogP contribution in [0.3, 0.4) is 0 Å². The van der Waals surface area contributed by atoms with E-state index < -0.39 is 17.0 Å². The second-order valence-corrected chi connectivity index (χ2v) is 6.93. The number of aromatic nitrogens is 1. The van der Waals surface area contributed by atoms with Crippen molar-refractivity contribution in [1.82, 2.24) is 9.88 Å². The number of piperazine rings is 1. The van der Waals surface area contributed by atoms with Crippen LogP contribution >= 0.6 is 0 Å². The number of hydrogen-bond donors (Lipinski definition) is 1. The normalized spacial score (nSPS) is 14.8. The van der Waals surface area contributed by atoms with Crippen molar-refractivity contribution in [2.75, 3.05) is 31.1 Å². The molecule has 0 radical (unpaired) electrons. The van der Waals surface area contributed by atoms with E-state index in [1.165, 1.54) is 24.5 Å². The highest BCUT2D eigenvalue weighted by atomic mass is 19.1. The molecule has 2 aromatic heterocycles. The van der Waals surface area contributed by atoms with Gasteiger partial charge in [0.25, 0.3) is 0 Å². The number of carbonyl (C=O) groups is 1. The van der Waals surface area contributed by atoms with Crippen molar-refractivity contribution in [3.8, 4) is 0 Å². The number of nitrogens with one attached hydrogen (secondary N) is 1. The molecule has 1 fully saturated rings. The van der Waals surface area contributed by atoms with Crippen molar-refractivity contribution in [3.63, 3.8) is 0 Å². The highest BCUT2D eigenvalue weighted by Crippen LogP contribution is 2.25. The standard InChI is InChI=1S/C22H22FN3O3/c1-2-25-14-17(21(27)6-5-15-4-3-11-29-15)22(28)16-12-18(23)20(13-19(16)25)26-9-7-24-8-10-26/h3-6,11-14,24H,2,7-10H2,1H3. The third-order valence-electron chi connectivity index (χ3n) is 5.15. The predicted octanol–water partition coefficient (Wildman–Crippen LogP) is 3.06. The summed E-state index contributed by atoms with van der Waals surface area (Å²) in [6.07, 6.45) is 5.87. The number of rotatable bonds is 5. The zero-order chi connectivity index (χ0) is 20.4. The molecular weight excluding hydrogens is 373 g/mol. The molecule has 3 heterocycles. The summed E-state index contributed by atoms with van der Waals surface area (Å²) in [5, 5.41) is 3.45. The first kappa shape index (κ1) is 19.1. The van der Waals surface area contributed by atoms with Crippen molar-refractivity contribution in [2.45, 2.75) is 13.5 Å². The second kappa shape index (κ2) is 8.05. The topological polar surface area (TPSA) is 67.5 Å². The molecule has 1 aliphatic rings. The van der Waals surface area contributed by atoms with Crippen molar-refractivity contribution >= 4 is 28.4 Å². The molecule has 29 heavy (non-hydrogen) atoms. The van der Waals surface area contributed by atoms with Crippen LogP contribution in [0.1, 0.15) is 23.0 Å². The molecular formula is C22H22FN3O3. The fourth-order valence-electron chi connectivity index (χ4n) is 3.62. The number of pyridine rings is 1. The van der Waals surface area contributed by atoms with Crippen LogP contribution in [-0.2, 0) is 6.54 Å². The fraction of sp³-hybridized carbons (Fsp3) is 0.273. The number of benzene rings is 1. The van der Waals surface area contributed by atoms with Crippen LogP contribution in [0.15, 0.2) is 52.0 Å². The average Bonchev–Trinajstić information content (AvgIpc) is 3.26. The molecule has 6 nitrogen and oxygen atoms in total. The molecule has 150 valence electrons.